The first kappa shape index (κ1) is 12.2. The minimum atomic E-state index is -0.877. The van der Waals surface area contributed by atoms with Crippen molar-refractivity contribution in [3.05, 3.63) is 48.0 Å². The molecule has 1 heterocycles. The van der Waals surface area contributed by atoms with E-state index in [0.29, 0.717) is 12.2 Å². The van der Waals surface area contributed by atoms with Gasteiger partial charge in [0.05, 0.1) is 32.1 Å². The highest BCUT2D eigenvalue weighted by Gasteiger charge is 2.06. The van der Waals surface area contributed by atoms with Gasteiger partial charge >= 0.3 is 5.97 Å². The number of carbonyl (C=O) groups is 1. The molecule has 5 nitrogen and oxygen atoms in total. The first-order chi connectivity index (χ1) is 8.69. The maximum atomic E-state index is 10.6. The number of methoxy groups -OCH3 is 1. The Hall–Kier alpha value is -2.30. The molecule has 0 radical (unpaired) electrons. The van der Waals surface area contributed by atoms with Gasteiger partial charge in [0, 0.05) is 11.8 Å². The van der Waals surface area contributed by atoms with Crippen LogP contribution in [0.5, 0.6) is 5.75 Å². The molecular weight excluding hydrogens is 232 g/mol. The van der Waals surface area contributed by atoms with Gasteiger partial charge in [-0.2, -0.15) is 0 Å². The Balaban J connectivity index is 2.13. The number of imidazole rings is 1. The number of aliphatic carboxylic acids is 1. The standard InChI is InChI=1S/C13H14N2O3/c1-18-12-5-3-2-4-10(12)7-15-8-11(14-9-15)6-13(16)17/h2-5,8-9H,6-7H2,1H3,(H,16,17). The zero-order valence-corrected chi connectivity index (χ0v) is 10.0. The predicted octanol–water partition coefficient (Wildman–Crippen LogP) is 1.57. The van der Waals surface area contributed by atoms with E-state index in [1.165, 1.54) is 0 Å². The van der Waals surface area contributed by atoms with Crippen LogP contribution in [0.25, 0.3) is 0 Å². The minimum Gasteiger partial charge on any atom is -0.496 e. The zero-order chi connectivity index (χ0) is 13.0. The normalized spacial score (nSPS) is 10.3. The molecule has 0 atom stereocenters. The Bertz CT molecular complexity index is 549. The fourth-order valence-electron chi connectivity index (χ4n) is 1.77. The topological polar surface area (TPSA) is 64.4 Å². The van der Waals surface area contributed by atoms with E-state index in [9.17, 15) is 4.79 Å². The lowest BCUT2D eigenvalue weighted by Crippen LogP contribution is -2.01. The monoisotopic (exact) mass is 246 g/mol. The van der Waals surface area contributed by atoms with Crippen LogP contribution in [0.3, 0.4) is 0 Å². The van der Waals surface area contributed by atoms with Crippen molar-refractivity contribution in [2.24, 2.45) is 0 Å². The molecule has 0 saturated heterocycles. The van der Waals surface area contributed by atoms with Crippen molar-refractivity contribution < 1.29 is 14.6 Å². The third-order valence-electron chi connectivity index (χ3n) is 2.56. The van der Waals surface area contributed by atoms with E-state index in [1.54, 1.807) is 19.6 Å². The lowest BCUT2D eigenvalue weighted by atomic mass is 10.2. The average molecular weight is 246 g/mol. The van der Waals surface area contributed by atoms with Gasteiger partial charge in [0.25, 0.3) is 0 Å². The number of carboxylic acid groups (broad SMARTS) is 1. The molecule has 2 aromatic rings. The molecule has 0 aliphatic rings. The molecule has 1 aromatic carbocycles. The molecule has 0 amide bonds. The largest absolute Gasteiger partial charge is 0.496 e. The number of para-hydroxylation sites is 1. The molecule has 1 aromatic heterocycles. The maximum absolute atomic E-state index is 10.6. The van der Waals surface area contributed by atoms with E-state index in [4.69, 9.17) is 9.84 Å². The Labute approximate surface area is 105 Å². The predicted molar refractivity (Wildman–Crippen MR) is 65.7 cm³/mol. The second-order valence-corrected chi connectivity index (χ2v) is 3.92. The zero-order valence-electron chi connectivity index (χ0n) is 10.0. The maximum Gasteiger partial charge on any atom is 0.309 e. The Kier molecular flexibility index (Phi) is 3.62. The fourth-order valence-corrected chi connectivity index (χ4v) is 1.77. The summed E-state index contributed by atoms with van der Waals surface area (Å²) in [5.74, 6) is -0.0662. The first-order valence-electron chi connectivity index (χ1n) is 5.53. The molecule has 0 aliphatic heterocycles. The van der Waals surface area contributed by atoms with E-state index in [1.807, 2.05) is 28.8 Å². The lowest BCUT2D eigenvalue weighted by Gasteiger charge is -2.08. The van der Waals surface area contributed by atoms with Crippen molar-refractivity contribution in [1.82, 2.24) is 9.55 Å². The number of benzene rings is 1. The summed E-state index contributed by atoms with van der Waals surface area (Å²) in [5.41, 5.74) is 1.58. The van der Waals surface area contributed by atoms with E-state index >= 15 is 0 Å². The van der Waals surface area contributed by atoms with Gasteiger partial charge in [-0.3, -0.25) is 4.79 Å². The highest BCUT2D eigenvalue weighted by atomic mass is 16.5. The summed E-state index contributed by atoms with van der Waals surface area (Å²) < 4.78 is 7.10. The van der Waals surface area contributed by atoms with Crippen LogP contribution in [0.15, 0.2) is 36.8 Å². The summed E-state index contributed by atoms with van der Waals surface area (Å²) in [7, 11) is 1.63. The molecule has 0 fully saturated rings. The van der Waals surface area contributed by atoms with E-state index in [-0.39, 0.29) is 6.42 Å². The molecule has 0 bridgehead atoms. The van der Waals surface area contributed by atoms with Gasteiger partial charge in [-0.15, -0.1) is 0 Å². The number of nitrogens with zero attached hydrogens (tertiary/aromatic N) is 2. The molecule has 94 valence electrons. The third-order valence-corrected chi connectivity index (χ3v) is 2.56. The Morgan fingerprint density at radius 2 is 2.22 bits per heavy atom. The van der Waals surface area contributed by atoms with E-state index < -0.39 is 5.97 Å². The van der Waals surface area contributed by atoms with Crippen LogP contribution in [0.2, 0.25) is 0 Å². The van der Waals surface area contributed by atoms with Crippen LogP contribution < -0.4 is 4.74 Å². The molecule has 5 heteroatoms. The number of aromatic nitrogens is 2. The summed E-state index contributed by atoms with van der Waals surface area (Å²) in [6.07, 6.45) is 3.31. The third kappa shape index (κ3) is 2.88. The van der Waals surface area contributed by atoms with Crippen LogP contribution in [-0.2, 0) is 17.8 Å². The van der Waals surface area contributed by atoms with E-state index in [2.05, 4.69) is 4.98 Å². The van der Waals surface area contributed by atoms with Crippen LogP contribution in [-0.4, -0.2) is 27.7 Å². The molecule has 1 N–H and O–H groups in total. The summed E-state index contributed by atoms with van der Waals surface area (Å²) in [5, 5.41) is 8.68. The highest BCUT2D eigenvalue weighted by Crippen LogP contribution is 2.18. The smallest absolute Gasteiger partial charge is 0.309 e. The summed E-state index contributed by atoms with van der Waals surface area (Å²) in [6.45, 7) is 0.608. The molecule has 0 saturated carbocycles. The Morgan fingerprint density at radius 3 is 2.94 bits per heavy atom. The minimum absolute atomic E-state index is 0.0566. The van der Waals surface area contributed by atoms with Crippen molar-refractivity contribution in [3.63, 3.8) is 0 Å². The number of rotatable bonds is 5. The molecule has 0 aliphatic carbocycles. The van der Waals surface area contributed by atoms with Crippen LogP contribution in [0, 0.1) is 0 Å². The van der Waals surface area contributed by atoms with Gasteiger partial charge in [-0.05, 0) is 6.07 Å². The molecule has 18 heavy (non-hydrogen) atoms. The second-order valence-electron chi connectivity index (χ2n) is 3.92. The number of carboxylic acids is 1. The van der Waals surface area contributed by atoms with Gasteiger partial charge in [0.2, 0.25) is 0 Å². The van der Waals surface area contributed by atoms with Crippen LogP contribution >= 0.6 is 0 Å². The van der Waals surface area contributed by atoms with Crippen molar-refractivity contribution >= 4 is 5.97 Å². The van der Waals surface area contributed by atoms with Gasteiger partial charge in [0.1, 0.15) is 5.75 Å². The van der Waals surface area contributed by atoms with Gasteiger partial charge in [-0.1, -0.05) is 18.2 Å². The van der Waals surface area contributed by atoms with Crippen molar-refractivity contribution in [3.8, 4) is 5.75 Å². The first-order valence-corrected chi connectivity index (χ1v) is 5.53. The van der Waals surface area contributed by atoms with Gasteiger partial charge in [-0.25, -0.2) is 4.98 Å². The molecule has 0 unspecified atom stereocenters. The lowest BCUT2D eigenvalue weighted by molar-refractivity contribution is -0.136. The summed E-state index contributed by atoms with van der Waals surface area (Å²) in [6, 6.07) is 7.71. The number of hydrogen-bond donors (Lipinski definition) is 1. The SMILES string of the molecule is COc1ccccc1Cn1cnc(CC(=O)O)c1. The summed E-state index contributed by atoms with van der Waals surface area (Å²) >= 11 is 0. The number of hydrogen-bond acceptors (Lipinski definition) is 3. The molecule has 0 spiro atoms. The van der Waals surface area contributed by atoms with Crippen molar-refractivity contribution in [2.45, 2.75) is 13.0 Å². The van der Waals surface area contributed by atoms with E-state index in [0.717, 1.165) is 11.3 Å². The fraction of sp³-hybridized carbons (Fsp3) is 0.231. The molecular formula is C13H14N2O3. The number of ether oxygens (including phenoxy) is 1. The van der Waals surface area contributed by atoms with Gasteiger partial charge < -0.3 is 14.4 Å². The van der Waals surface area contributed by atoms with Crippen LogP contribution in [0.4, 0.5) is 0 Å². The van der Waals surface area contributed by atoms with Crippen molar-refractivity contribution in [2.75, 3.05) is 7.11 Å². The average Bonchev–Trinajstić information content (AvgIpc) is 2.76. The quantitative estimate of drug-likeness (QED) is 0.869. The van der Waals surface area contributed by atoms with Gasteiger partial charge in [0.15, 0.2) is 0 Å². The Morgan fingerprint density at radius 1 is 1.44 bits per heavy atom. The molecule has 2 rings (SSSR count). The summed E-state index contributed by atoms with van der Waals surface area (Å²) in [4.78, 5) is 14.6. The highest BCUT2D eigenvalue weighted by molar-refractivity contribution is 5.69. The second kappa shape index (κ2) is 5.35. The van der Waals surface area contributed by atoms with Crippen molar-refractivity contribution in [1.29, 1.82) is 0 Å². The van der Waals surface area contributed by atoms with Crippen LogP contribution in [0.1, 0.15) is 11.3 Å².